The van der Waals surface area contributed by atoms with Crippen LogP contribution in [0.3, 0.4) is 0 Å². The molecule has 0 radical (unpaired) electrons. The lowest BCUT2D eigenvalue weighted by Crippen LogP contribution is -2.27. The maximum absolute atomic E-state index is 11.3. The van der Waals surface area contributed by atoms with Gasteiger partial charge in [-0.2, -0.15) is 0 Å². The summed E-state index contributed by atoms with van der Waals surface area (Å²) in [5.41, 5.74) is 2.44. The van der Waals surface area contributed by atoms with Crippen molar-refractivity contribution in [2.75, 3.05) is 13.2 Å². The largest absolute Gasteiger partial charge is 0.493 e. The van der Waals surface area contributed by atoms with Crippen molar-refractivity contribution in [3.05, 3.63) is 29.3 Å². The Kier molecular flexibility index (Phi) is 4.55. The number of fused-ring (bicyclic) bond motifs is 1. The lowest BCUT2D eigenvalue weighted by Gasteiger charge is -2.17. The molecule has 1 aromatic carbocycles. The van der Waals surface area contributed by atoms with Gasteiger partial charge in [-0.3, -0.25) is 9.59 Å². The van der Waals surface area contributed by atoms with Crippen molar-refractivity contribution in [3.8, 4) is 5.75 Å². The second-order valence-corrected chi connectivity index (χ2v) is 4.87. The number of aryl methyl sites for hydroxylation is 1. The van der Waals surface area contributed by atoms with Gasteiger partial charge in [0, 0.05) is 6.54 Å². The average Bonchev–Trinajstić information content (AvgIpc) is 2.37. The second kappa shape index (κ2) is 6.36. The topological polar surface area (TPSA) is 55.4 Å². The molecule has 4 nitrogen and oxygen atoms in total. The van der Waals surface area contributed by atoms with E-state index in [-0.39, 0.29) is 18.1 Å². The standard InChI is InChI=1S/C15H19NO3/c1-11(17)9-15(18)16-7-6-12-4-5-14-13(10-12)3-2-8-19-14/h4-5,10H,2-3,6-9H2,1H3,(H,16,18). The van der Waals surface area contributed by atoms with Crippen LogP contribution in [0.15, 0.2) is 18.2 Å². The molecule has 0 atom stereocenters. The van der Waals surface area contributed by atoms with E-state index in [0.717, 1.165) is 31.6 Å². The van der Waals surface area contributed by atoms with Crippen LogP contribution in [0.5, 0.6) is 5.75 Å². The number of rotatable bonds is 5. The Morgan fingerprint density at radius 3 is 3.00 bits per heavy atom. The Hall–Kier alpha value is -1.84. The minimum Gasteiger partial charge on any atom is -0.493 e. The molecule has 1 N–H and O–H groups in total. The van der Waals surface area contributed by atoms with Gasteiger partial charge in [-0.25, -0.2) is 0 Å². The summed E-state index contributed by atoms with van der Waals surface area (Å²) in [6, 6.07) is 6.17. The smallest absolute Gasteiger partial charge is 0.227 e. The highest BCUT2D eigenvalue weighted by molar-refractivity contribution is 5.96. The molecular weight excluding hydrogens is 242 g/mol. The van der Waals surface area contributed by atoms with E-state index in [1.54, 1.807) is 0 Å². The number of carbonyl (C=O) groups excluding carboxylic acids is 2. The van der Waals surface area contributed by atoms with Crippen molar-refractivity contribution in [3.63, 3.8) is 0 Å². The van der Waals surface area contributed by atoms with Crippen molar-refractivity contribution in [1.29, 1.82) is 0 Å². The predicted octanol–water partition coefficient (Wildman–Crippen LogP) is 1.65. The monoisotopic (exact) mass is 261 g/mol. The number of hydrogen-bond acceptors (Lipinski definition) is 3. The van der Waals surface area contributed by atoms with Gasteiger partial charge in [0.05, 0.1) is 13.0 Å². The zero-order chi connectivity index (χ0) is 13.7. The molecule has 2 rings (SSSR count). The van der Waals surface area contributed by atoms with E-state index in [1.807, 2.05) is 12.1 Å². The van der Waals surface area contributed by atoms with E-state index in [1.165, 1.54) is 18.1 Å². The number of ether oxygens (including phenoxy) is 1. The molecule has 4 heteroatoms. The zero-order valence-corrected chi connectivity index (χ0v) is 11.2. The van der Waals surface area contributed by atoms with Gasteiger partial charge in [0.1, 0.15) is 11.5 Å². The van der Waals surface area contributed by atoms with E-state index in [9.17, 15) is 9.59 Å². The van der Waals surface area contributed by atoms with Crippen LogP contribution in [0.25, 0.3) is 0 Å². The maximum Gasteiger partial charge on any atom is 0.227 e. The summed E-state index contributed by atoms with van der Waals surface area (Å²) in [6.45, 7) is 2.78. The Bertz CT molecular complexity index is 482. The van der Waals surface area contributed by atoms with Crippen LogP contribution in [0, 0.1) is 0 Å². The number of hydrogen-bond donors (Lipinski definition) is 1. The summed E-state index contributed by atoms with van der Waals surface area (Å²) in [4.78, 5) is 22.1. The molecule has 1 amide bonds. The molecule has 0 aromatic heterocycles. The number of Topliss-reactive ketones (excluding diaryl/α,β-unsaturated/α-hetero) is 1. The molecule has 1 aliphatic heterocycles. The van der Waals surface area contributed by atoms with Crippen molar-refractivity contribution < 1.29 is 14.3 Å². The van der Waals surface area contributed by atoms with Gasteiger partial charge < -0.3 is 10.1 Å². The predicted molar refractivity (Wildman–Crippen MR) is 72.3 cm³/mol. The van der Waals surface area contributed by atoms with E-state index < -0.39 is 0 Å². The van der Waals surface area contributed by atoms with E-state index in [0.29, 0.717) is 6.54 Å². The highest BCUT2D eigenvalue weighted by Gasteiger charge is 2.10. The molecule has 0 saturated heterocycles. The molecule has 0 aliphatic carbocycles. The van der Waals surface area contributed by atoms with Gasteiger partial charge in [0.25, 0.3) is 0 Å². The van der Waals surface area contributed by atoms with E-state index >= 15 is 0 Å². The fourth-order valence-electron chi connectivity index (χ4n) is 2.20. The van der Waals surface area contributed by atoms with Crippen molar-refractivity contribution in [2.45, 2.75) is 32.6 Å². The molecule has 0 fully saturated rings. The lowest BCUT2D eigenvalue weighted by atomic mass is 10.0. The summed E-state index contributed by atoms with van der Waals surface area (Å²) in [7, 11) is 0. The Labute approximate surface area is 113 Å². The summed E-state index contributed by atoms with van der Waals surface area (Å²) in [6.07, 6.45) is 2.86. The van der Waals surface area contributed by atoms with Crippen molar-refractivity contribution >= 4 is 11.7 Å². The van der Waals surface area contributed by atoms with Crippen LogP contribution >= 0.6 is 0 Å². The molecule has 0 saturated carbocycles. The summed E-state index contributed by atoms with van der Waals surface area (Å²) >= 11 is 0. The fourth-order valence-corrected chi connectivity index (χ4v) is 2.20. The van der Waals surface area contributed by atoms with Gasteiger partial charge in [-0.1, -0.05) is 12.1 Å². The van der Waals surface area contributed by atoms with Crippen LogP contribution in [0.4, 0.5) is 0 Å². The van der Waals surface area contributed by atoms with Crippen LogP contribution in [0.1, 0.15) is 30.9 Å². The third-order valence-corrected chi connectivity index (χ3v) is 3.12. The minimum absolute atomic E-state index is 0.0297. The van der Waals surface area contributed by atoms with Gasteiger partial charge in [0.15, 0.2) is 0 Å². The molecule has 1 heterocycles. The number of nitrogens with one attached hydrogen (secondary N) is 1. The fraction of sp³-hybridized carbons (Fsp3) is 0.467. The summed E-state index contributed by atoms with van der Waals surface area (Å²) in [5.74, 6) is 0.674. The highest BCUT2D eigenvalue weighted by atomic mass is 16.5. The Morgan fingerprint density at radius 1 is 1.37 bits per heavy atom. The molecule has 1 aromatic rings. The van der Waals surface area contributed by atoms with Crippen LogP contribution in [-0.4, -0.2) is 24.8 Å². The first-order chi connectivity index (χ1) is 9.15. The summed E-state index contributed by atoms with van der Waals surface area (Å²) < 4.78 is 5.56. The quantitative estimate of drug-likeness (QED) is 0.820. The van der Waals surface area contributed by atoms with Crippen LogP contribution < -0.4 is 10.1 Å². The van der Waals surface area contributed by atoms with Gasteiger partial charge in [-0.05, 0) is 43.4 Å². The average molecular weight is 261 g/mol. The highest BCUT2D eigenvalue weighted by Crippen LogP contribution is 2.25. The SMILES string of the molecule is CC(=O)CC(=O)NCCc1ccc2c(c1)CCCO2. The molecule has 0 spiro atoms. The third-order valence-electron chi connectivity index (χ3n) is 3.12. The molecule has 1 aliphatic rings. The number of carbonyl (C=O) groups is 2. The first kappa shape index (κ1) is 13.6. The van der Waals surface area contributed by atoms with Gasteiger partial charge in [-0.15, -0.1) is 0 Å². The first-order valence-electron chi connectivity index (χ1n) is 6.66. The van der Waals surface area contributed by atoms with Crippen LogP contribution in [0.2, 0.25) is 0 Å². The molecular formula is C15H19NO3. The van der Waals surface area contributed by atoms with Crippen molar-refractivity contribution in [2.24, 2.45) is 0 Å². The van der Waals surface area contributed by atoms with E-state index in [2.05, 4.69) is 11.4 Å². The normalized spacial score (nSPS) is 13.3. The molecule has 102 valence electrons. The first-order valence-corrected chi connectivity index (χ1v) is 6.66. The number of ketones is 1. The maximum atomic E-state index is 11.3. The van der Waals surface area contributed by atoms with Gasteiger partial charge in [0.2, 0.25) is 5.91 Å². The number of amides is 1. The Morgan fingerprint density at radius 2 is 2.21 bits per heavy atom. The zero-order valence-electron chi connectivity index (χ0n) is 11.2. The number of benzene rings is 1. The second-order valence-electron chi connectivity index (χ2n) is 4.87. The van der Waals surface area contributed by atoms with Crippen LogP contribution in [-0.2, 0) is 22.4 Å². The Balaban J connectivity index is 1.83. The molecule has 19 heavy (non-hydrogen) atoms. The minimum atomic E-state index is -0.200. The van der Waals surface area contributed by atoms with Gasteiger partial charge >= 0.3 is 0 Å². The lowest BCUT2D eigenvalue weighted by molar-refractivity contribution is -0.127. The third kappa shape index (κ3) is 4.09. The van der Waals surface area contributed by atoms with E-state index in [4.69, 9.17) is 4.74 Å². The summed E-state index contributed by atoms with van der Waals surface area (Å²) in [5, 5.41) is 2.75. The van der Waals surface area contributed by atoms with Crippen molar-refractivity contribution in [1.82, 2.24) is 5.32 Å². The molecule has 0 unspecified atom stereocenters. The molecule has 0 bridgehead atoms.